The van der Waals surface area contributed by atoms with Gasteiger partial charge in [-0.2, -0.15) is 13.2 Å². The molecule has 1 fully saturated rings. The van der Waals surface area contributed by atoms with Gasteiger partial charge in [-0.25, -0.2) is 0 Å². The molecule has 0 radical (unpaired) electrons. The second kappa shape index (κ2) is 12.8. The zero-order valence-electron chi connectivity index (χ0n) is 24.7. The van der Waals surface area contributed by atoms with Gasteiger partial charge in [-0.1, -0.05) is 18.2 Å². The first-order valence-corrected chi connectivity index (χ1v) is 13.9. The molecule has 1 heterocycles. The van der Waals surface area contributed by atoms with E-state index in [1.54, 1.807) is 34.8 Å². The van der Waals surface area contributed by atoms with Crippen molar-refractivity contribution in [1.82, 2.24) is 9.80 Å². The molecule has 0 bridgehead atoms. The first-order chi connectivity index (χ1) is 18.6. The molecule has 2 unspecified atom stereocenters. The summed E-state index contributed by atoms with van der Waals surface area (Å²) in [6.45, 7) is 9.86. The summed E-state index contributed by atoms with van der Waals surface area (Å²) in [6, 6.07) is 11.8. The molecule has 0 aromatic heterocycles. The fraction of sp³-hybridized carbons (Fsp3) is 0.613. The number of fused-ring (bicyclic) bond motifs is 1. The minimum Gasteiger partial charge on any atom is -0.497 e. The van der Waals surface area contributed by atoms with Crippen molar-refractivity contribution in [3.8, 4) is 5.75 Å². The van der Waals surface area contributed by atoms with Crippen LogP contribution in [0.4, 0.5) is 13.2 Å². The summed E-state index contributed by atoms with van der Waals surface area (Å²) in [5.41, 5.74) is 0.414. The fourth-order valence-electron chi connectivity index (χ4n) is 5.34. The van der Waals surface area contributed by atoms with Crippen LogP contribution in [-0.4, -0.2) is 66.7 Å². The number of methoxy groups -OCH3 is 1. The Kier molecular flexibility index (Phi) is 10.1. The van der Waals surface area contributed by atoms with Crippen molar-refractivity contribution in [3.63, 3.8) is 0 Å². The molecule has 3 rings (SSSR count). The molecule has 0 spiro atoms. The smallest absolute Gasteiger partial charge is 0.397 e. The van der Waals surface area contributed by atoms with Gasteiger partial charge in [0.05, 0.1) is 18.6 Å². The molecule has 2 aromatic carbocycles. The Bertz CT molecular complexity index is 1180. The van der Waals surface area contributed by atoms with Crippen molar-refractivity contribution in [1.29, 1.82) is 0 Å². The van der Waals surface area contributed by atoms with Gasteiger partial charge in [0.15, 0.2) is 0 Å². The van der Waals surface area contributed by atoms with Gasteiger partial charge in [0.1, 0.15) is 18.3 Å². The molecule has 1 saturated heterocycles. The van der Waals surface area contributed by atoms with Gasteiger partial charge in [-0.3, -0.25) is 14.5 Å². The Morgan fingerprint density at radius 1 is 1.05 bits per heavy atom. The lowest BCUT2D eigenvalue weighted by molar-refractivity contribution is -0.174. The van der Waals surface area contributed by atoms with Crippen LogP contribution in [0, 0.1) is 11.3 Å². The number of carbonyl (C=O) groups is 2. The number of halogens is 3. The average Bonchev–Trinajstić information content (AvgIpc) is 2.86. The standard InChI is InChI=1S/C31H43F3N2O4/c1-20(35(6)18-23-8-10-25-16-26(39-7)12-11-24(25)15-23)14-22-9-13-27(21(2)40-29(38)30(3,4)5)36(19-22)28(37)17-31(32,33)34/h8,10-12,15-16,20-22,27H,9,13-14,17-19H2,1-7H3/t20-,21+,22?,27?/m1/s1. The van der Waals surface area contributed by atoms with Gasteiger partial charge >= 0.3 is 12.1 Å². The number of likely N-dealkylation sites (tertiary alicyclic amines) is 1. The maximum atomic E-state index is 13.2. The topological polar surface area (TPSA) is 59.1 Å². The van der Waals surface area contributed by atoms with E-state index < -0.39 is 42.0 Å². The van der Waals surface area contributed by atoms with Crippen LogP contribution >= 0.6 is 0 Å². The molecular formula is C31H43F3N2O4. The van der Waals surface area contributed by atoms with E-state index in [0.717, 1.165) is 41.5 Å². The Morgan fingerprint density at radius 3 is 2.33 bits per heavy atom. The SMILES string of the molecule is COc1ccc2cc(CN(C)[C@H](C)CC3CCC([C@H](C)OC(=O)C(C)(C)C)N(C(=O)CC(F)(F)F)C3)ccc2c1. The normalized spacial score (nSPS) is 19.9. The molecule has 9 heteroatoms. The summed E-state index contributed by atoms with van der Waals surface area (Å²) >= 11 is 0. The van der Waals surface area contributed by atoms with Crippen molar-refractivity contribution in [2.45, 2.75) is 91.2 Å². The minimum absolute atomic E-state index is 0.0421. The van der Waals surface area contributed by atoms with E-state index >= 15 is 0 Å². The maximum Gasteiger partial charge on any atom is 0.397 e. The molecule has 6 nitrogen and oxygen atoms in total. The Morgan fingerprint density at radius 2 is 1.70 bits per heavy atom. The van der Waals surface area contributed by atoms with Crippen LogP contribution in [0.1, 0.15) is 65.9 Å². The summed E-state index contributed by atoms with van der Waals surface area (Å²) in [5.74, 6) is -0.547. The van der Waals surface area contributed by atoms with Crippen LogP contribution in [0.25, 0.3) is 10.8 Å². The van der Waals surface area contributed by atoms with Crippen LogP contribution in [-0.2, 0) is 20.9 Å². The summed E-state index contributed by atoms with van der Waals surface area (Å²) in [5, 5.41) is 2.22. The first-order valence-electron chi connectivity index (χ1n) is 13.9. The fourth-order valence-corrected chi connectivity index (χ4v) is 5.34. The van der Waals surface area contributed by atoms with Crippen LogP contribution < -0.4 is 4.74 Å². The molecule has 0 aliphatic carbocycles. The lowest BCUT2D eigenvalue weighted by Gasteiger charge is -2.43. The second-order valence-electron chi connectivity index (χ2n) is 12.3. The molecule has 2 aromatic rings. The predicted octanol–water partition coefficient (Wildman–Crippen LogP) is 6.60. The van der Waals surface area contributed by atoms with Crippen molar-refractivity contribution in [3.05, 3.63) is 42.0 Å². The zero-order chi connectivity index (χ0) is 29.8. The number of benzene rings is 2. The van der Waals surface area contributed by atoms with Crippen LogP contribution in [0.3, 0.4) is 0 Å². The number of hydrogen-bond donors (Lipinski definition) is 0. The van der Waals surface area contributed by atoms with Crippen LogP contribution in [0.15, 0.2) is 36.4 Å². The molecule has 1 aliphatic heterocycles. The van der Waals surface area contributed by atoms with Gasteiger partial charge in [0.25, 0.3) is 0 Å². The Labute approximate surface area is 235 Å². The number of esters is 1. The van der Waals surface area contributed by atoms with Gasteiger partial charge < -0.3 is 14.4 Å². The molecular weight excluding hydrogens is 521 g/mol. The largest absolute Gasteiger partial charge is 0.497 e. The van der Waals surface area contributed by atoms with Crippen molar-refractivity contribution in [2.24, 2.45) is 11.3 Å². The molecule has 4 atom stereocenters. The molecule has 40 heavy (non-hydrogen) atoms. The monoisotopic (exact) mass is 564 g/mol. The first kappa shape index (κ1) is 31.7. The number of alkyl halides is 3. The molecule has 1 amide bonds. The molecule has 222 valence electrons. The summed E-state index contributed by atoms with van der Waals surface area (Å²) in [6.07, 6.45) is -4.85. The number of hydrogen-bond acceptors (Lipinski definition) is 5. The van der Waals surface area contributed by atoms with E-state index in [0.29, 0.717) is 6.42 Å². The maximum absolute atomic E-state index is 13.2. The summed E-state index contributed by atoms with van der Waals surface area (Å²) in [4.78, 5) is 28.8. The summed E-state index contributed by atoms with van der Waals surface area (Å²) < 4.78 is 50.4. The molecule has 1 aliphatic rings. The van der Waals surface area contributed by atoms with E-state index in [1.807, 2.05) is 25.2 Å². The van der Waals surface area contributed by atoms with Crippen molar-refractivity contribution in [2.75, 3.05) is 20.7 Å². The second-order valence-corrected chi connectivity index (χ2v) is 12.3. The number of amides is 1. The van der Waals surface area contributed by atoms with E-state index in [1.165, 1.54) is 4.90 Å². The quantitative estimate of drug-likeness (QED) is 0.322. The number of rotatable bonds is 9. The zero-order valence-corrected chi connectivity index (χ0v) is 24.7. The Hall–Kier alpha value is -2.81. The third kappa shape index (κ3) is 8.59. The van der Waals surface area contributed by atoms with E-state index in [-0.39, 0.29) is 18.5 Å². The van der Waals surface area contributed by atoms with Gasteiger partial charge in [0, 0.05) is 19.1 Å². The number of piperidine rings is 1. The van der Waals surface area contributed by atoms with E-state index in [2.05, 4.69) is 30.0 Å². The predicted molar refractivity (Wildman–Crippen MR) is 150 cm³/mol. The lowest BCUT2D eigenvalue weighted by atomic mass is 9.86. The number of ether oxygens (including phenoxy) is 2. The van der Waals surface area contributed by atoms with Gasteiger partial charge in [-0.05, 0) is 101 Å². The molecule has 0 N–H and O–H groups in total. The minimum atomic E-state index is -4.60. The highest BCUT2D eigenvalue weighted by molar-refractivity contribution is 5.84. The highest BCUT2D eigenvalue weighted by atomic mass is 19.4. The third-order valence-corrected chi connectivity index (χ3v) is 7.82. The highest BCUT2D eigenvalue weighted by Crippen LogP contribution is 2.32. The number of nitrogens with zero attached hydrogens (tertiary/aromatic N) is 2. The van der Waals surface area contributed by atoms with Gasteiger partial charge in [-0.15, -0.1) is 0 Å². The number of carbonyl (C=O) groups excluding carboxylic acids is 2. The van der Waals surface area contributed by atoms with Crippen molar-refractivity contribution < 1.29 is 32.2 Å². The highest BCUT2D eigenvalue weighted by Gasteiger charge is 2.41. The average molecular weight is 565 g/mol. The van der Waals surface area contributed by atoms with Crippen LogP contribution in [0.5, 0.6) is 5.75 Å². The van der Waals surface area contributed by atoms with E-state index in [4.69, 9.17) is 9.47 Å². The Balaban J connectivity index is 1.66. The van der Waals surface area contributed by atoms with Gasteiger partial charge in [0.2, 0.25) is 5.91 Å². The molecule has 0 saturated carbocycles. The van der Waals surface area contributed by atoms with Crippen molar-refractivity contribution >= 4 is 22.6 Å². The van der Waals surface area contributed by atoms with E-state index in [9.17, 15) is 22.8 Å². The lowest BCUT2D eigenvalue weighted by Crippen LogP contribution is -2.54. The summed E-state index contributed by atoms with van der Waals surface area (Å²) in [7, 11) is 3.68. The third-order valence-electron chi connectivity index (χ3n) is 7.82. The van der Waals surface area contributed by atoms with Crippen LogP contribution in [0.2, 0.25) is 0 Å².